The molecule has 1 aromatic rings. The van der Waals surface area contributed by atoms with Crippen molar-refractivity contribution in [2.45, 2.75) is 13.8 Å². The molecule has 1 aromatic heterocycles. The van der Waals surface area contributed by atoms with Crippen LogP contribution in [0.15, 0.2) is 11.1 Å². The van der Waals surface area contributed by atoms with E-state index in [1.54, 1.807) is 0 Å². The Labute approximate surface area is 77.9 Å². The van der Waals surface area contributed by atoms with Crippen molar-refractivity contribution in [1.29, 1.82) is 0 Å². The van der Waals surface area contributed by atoms with Gasteiger partial charge in [-0.1, -0.05) is 6.58 Å². The predicted molar refractivity (Wildman–Crippen MR) is 51.6 cm³/mol. The zero-order valence-electron chi connectivity index (χ0n) is 6.37. The predicted octanol–water partition coefficient (Wildman–Crippen LogP) is 4.07. The highest BCUT2D eigenvalue weighted by molar-refractivity contribution is 9.10. The number of aryl methyl sites for hydroxylation is 1. The van der Waals surface area contributed by atoms with Gasteiger partial charge in [-0.2, -0.15) is 0 Å². The quantitative estimate of drug-likeness (QED) is 0.688. The molecule has 1 rings (SSSR count). The number of rotatable bonds is 1. The number of hydrogen-bond donors (Lipinski definition) is 0. The van der Waals surface area contributed by atoms with Crippen LogP contribution in [0.3, 0.4) is 0 Å². The normalized spacial score (nSPS) is 10.2. The van der Waals surface area contributed by atoms with E-state index in [-0.39, 0.29) is 5.83 Å². The third kappa shape index (κ3) is 1.54. The first-order chi connectivity index (χ1) is 5.04. The SMILES string of the molecule is C=C(F)c1sc(C)c(C)c1Br. The van der Waals surface area contributed by atoms with E-state index in [0.29, 0.717) is 4.88 Å². The van der Waals surface area contributed by atoms with Crippen molar-refractivity contribution in [2.24, 2.45) is 0 Å². The molecule has 0 bridgehead atoms. The van der Waals surface area contributed by atoms with Crippen LogP contribution < -0.4 is 0 Å². The largest absolute Gasteiger partial charge is 0.206 e. The Bertz CT molecular complexity index is 301. The first-order valence-corrected chi connectivity index (χ1v) is 4.75. The van der Waals surface area contributed by atoms with Gasteiger partial charge in [-0.05, 0) is 35.3 Å². The fourth-order valence-electron chi connectivity index (χ4n) is 0.774. The van der Waals surface area contributed by atoms with Gasteiger partial charge in [0.05, 0.1) is 4.88 Å². The molecule has 0 atom stereocenters. The van der Waals surface area contributed by atoms with E-state index >= 15 is 0 Å². The molecule has 11 heavy (non-hydrogen) atoms. The molecule has 0 fully saturated rings. The second-order valence-corrected chi connectivity index (χ2v) is 4.35. The summed E-state index contributed by atoms with van der Waals surface area (Å²) in [4.78, 5) is 1.74. The first kappa shape index (κ1) is 8.94. The molecule has 0 saturated heterocycles. The summed E-state index contributed by atoms with van der Waals surface area (Å²) in [7, 11) is 0. The fraction of sp³-hybridized carbons (Fsp3) is 0.250. The summed E-state index contributed by atoms with van der Waals surface area (Å²) in [5.74, 6) is -0.363. The Morgan fingerprint density at radius 1 is 1.55 bits per heavy atom. The summed E-state index contributed by atoms with van der Waals surface area (Å²) < 4.78 is 13.5. The minimum Gasteiger partial charge on any atom is -0.206 e. The van der Waals surface area contributed by atoms with Crippen molar-refractivity contribution >= 4 is 33.1 Å². The van der Waals surface area contributed by atoms with Crippen molar-refractivity contribution in [3.8, 4) is 0 Å². The second-order valence-electron chi connectivity index (χ2n) is 2.33. The molecule has 60 valence electrons. The van der Waals surface area contributed by atoms with Crippen molar-refractivity contribution in [1.82, 2.24) is 0 Å². The molecule has 0 spiro atoms. The molecule has 0 saturated carbocycles. The van der Waals surface area contributed by atoms with Crippen LogP contribution >= 0.6 is 27.3 Å². The van der Waals surface area contributed by atoms with Crippen molar-refractivity contribution < 1.29 is 4.39 Å². The second kappa shape index (κ2) is 3.07. The molecule has 0 unspecified atom stereocenters. The van der Waals surface area contributed by atoms with E-state index in [9.17, 15) is 4.39 Å². The summed E-state index contributed by atoms with van der Waals surface area (Å²) in [6.45, 7) is 7.18. The average molecular weight is 235 g/mol. The van der Waals surface area contributed by atoms with Crippen LogP contribution in [0.25, 0.3) is 5.83 Å². The summed E-state index contributed by atoms with van der Waals surface area (Å²) in [5.41, 5.74) is 1.10. The van der Waals surface area contributed by atoms with E-state index in [2.05, 4.69) is 22.5 Å². The van der Waals surface area contributed by atoms with E-state index in [4.69, 9.17) is 0 Å². The standard InChI is InChI=1S/C8H8BrFS/c1-4-6(3)11-8(5(2)10)7(4)9/h2H2,1,3H3. The zero-order valence-corrected chi connectivity index (χ0v) is 8.77. The van der Waals surface area contributed by atoms with Crippen LogP contribution in [0.4, 0.5) is 4.39 Å². The minimum absolute atomic E-state index is 0.363. The van der Waals surface area contributed by atoms with Gasteiger partial charge < -0.3 is 0 Å². The summed E-state index contributed by atoms with van der Waals surface area (Å²) >= 11 is 4.74. The Hall–Kier alpha value is -0.150. The highest BCUT2D eigenvalue weighted by Crippen LogP contribution is 2.36. The van der Waals surface area contributed by atoms with Crippen LogP contribution in [0.1, 0.15) is 15.3 Å². The maximum absolute atomic E-state index is 12.7. The highest BCUT2D eigenvalue weighted by atomic mass is 79.9. The Morgan fingerprint density at radius 2 is 2.09 bits per heavy atom. The molecule has 0 nitrogen and oxygen atoms in total. The molecule has 0 aliphatic rings. The maximum Gasteiger partial charge on any atom is 0.134 e. The van der Waals surface area contributed by atoms with Gasteiger partial charge in [-0.25, -0.2) is 4.39 Å². The van der Waals surface area contributed by atoms with E-state index < -0.39 is 0 Å². The highest BCUT2D eigenvalue weighted by Gasteiger charge is 2.11. The topological polar surface area (TPSA) is 0 Å². The number of hydrogen-bond acceptors (Lipinski definition) is 1. The minimum atomic E-state index is -0.363. The van der Waals surface area contributed by atoms with Crippen LogP contribution in [-0.2, 0) is 0 Å². The molecular weight excluding hydrogens is 227 g/mol. The first-order valence-electron chi connectivity index (χ1n) is 3.14. The van der Waals surface area contributed by atoms with Crippen molar-refractivity contribution in [3.05, 3.63) is 26.4 Å². The lowest BCUT2D eigenvalue weighted by molar-refractivity contribution is 0.766. The van der Waals surface area contributed by atoms with E-state index in [0.717, 1.165) is 14.9 Å². The van der Waals surface area contributed by atoms with Gasteiger partial charge in [0, 0.05) is 9.35 Å². The average Bonchev–Trinajstić information content (AvgIpc) is 2.17. The molecular formula is C8H8BrFS. The summed E-state index contributed by atoms with van der Waals surface area (Å²) in [5, 5.41) is 0. The van der Waals surface area contributed by atoms with E-state index in [1.807, 2.05) is 13.8 Å². The lowest BCUT2D eigenvalue weighted by atomic mass is 10.3. The molecule has 0 amide bonds. The Balaban J connectivity index is 3.29. The Kier molecular flexibility index (Phi) is 2.50. The molecule has 3 heteroatoms. The molecule has 0 aliphatic carbocycles. The molecule has 0 aliphatic heterocycles. The lowest BCUT2D eigenvalue weighted by Crippen LogP contribution is -1.71. The zero-order chi connectivity index (χ0) is 8.59. The van der Waals surface area contributed by atoms with Gasteiger partial charge >= 0.3 is 0 Å². The van der Waals surface area contributed by atoms with Crippen LogP contribution in [-0.4, -0.2) is 0 Å². The fourth-order valence-corrected chi connectivity index (χ4v) is 2.58. The van der Waals surface area contributed by atoms with Crippen molar-refractivity contribution in [2.75, 3.05) is 0 Å². The van der Waals surface area contributed by atoms with E-state index in [1.165, 1.54) is 11.3 Å². The third-order valence-electron chi connectivity index (χ3n) is 1.56. The van der Waals surface area contributed by atoms with Gasteiger partial charge in [0.2, 0.25) is 0 Å². The monoisotopic (exact) mass is 234 g/mol. The molecule has 1 heterocycles. The lowest BCUT2D eigenvalue weighted by Gasteiger charge is -1.90. The van der Waals surface area contributed by atoms with Gasteiger partial charge in [0.15, 0.2) is 0 Å². The molecule has 0 radical (unpaired) electrons. The maximum atomic E-state index is 12.7. The van der Waals surface area contributed by atoms with Crippen LogP contribution in [0, 0.1) is 13.8 Å². The Morgan fingerprint density at radius 3 is 2.27 bits per heavy atom. The third-order valence-corrected chi connectivity index (χ3v) is 4.05. The van der Waals surface area contributed by atoms with Crippen molar-refractivity contribution in [3.63, 3.8) is 0 Å². The number of thiophene rings is 1. The molecule has 0 aromatic carbocycles. The molecule has 0 N–H and O–H groups in total. The smallest absolute Gasteiger partial charge is 0.134 e. The van der Waals surface area contributed by atoms with Crippen LogP contribution in [0.2, 0.25) is 0 Å². The van der Waals surface area contributed by atoms with Gasteiger partial charge in [0.25, 0.3) is 0 Å². The van der Waals surface area contributed by atoms with Crippen LogP contribution in [0.5, 0.6) is 0 Å². The van der Waals surface area contributed by atoms with Gasteiger partial charge in [-0.15, -0.1) is 11.3 Å². The van der Waals surface area contributed by atoms with Gasteiger partial charge in [-0.3, -0.25) is 0 Å². The summed E-state index contributed by atoms with van der Waals surface area (Å²) in [6, 6.07) is 0. The number of halogens is 2. The summed E-state index contributed by atoms with van der Waals surface area (Å²) in [6.07, 6.45) is 0. The van der Waals surface area contributed by atoms with Gasteiger partial charge in [0.1, 0.15) is 5.83 Å².